The van der Waals surface area contributed by atoms with Crippen LogP contribution in [0.2, 0.25) is 0 Å². The molecule has 0 aliphatic carbocycles. The van der Waals surface area contributed by atoms with Crippen LogP contribution in [-0.4, -0.2) is 15.5 Å². The van der Waals surface area contributed by atoms with Crippen LogP contribution >= 0.6 is 0 Å². The second-order valence-corrected chi connectivity index (χ2v) is 6.35. The van der Waals surface area contributed by atoms with Gasteiger partial charge in [0.05, 0.1) is 18.6 Å². The van der Waals surface area contributed by atoms with Crippen molar-refractivity contribution in [1.82, 2.24) is 0 Å². The number of hydrogen-bond donors (Lipinski definition) is 1. The summed E-state index contributed by atoms with van der Waals surface area (Å²) in [5.41, 5.74) is 1.67. The van der Waals surface area contributed by atoms with Crippen LogP contribution in [0, 0.1) is 12.7 Å². The van der Waals surface area contributed by atoms with E-state index < -0.39 is 15.8 Å². The minimum absolute atomic E-state index is 0.0890. The molecule has 4 nitrogen and oxygen atoms in total. The van der Waals surface area contributed by atoms with E-state index in [0.29, 0.717) is 5.56 Å². The minimum atomic E-state index is -3.66. The zero-order chi connectivity index (χ0) is 15.5. The molecule has 0 aliphatic heterocycles. The van der Waals surface area contributed by atoms with Crippen molar-refractivity contribution in [3.05, 3.63) is 59.4 Å². The molecule has 0 fully saturated rings. The van der Waals surface area contributed by atoms with Crippen LogP contribution < -0.4 is 9.46 Å². The molecule has 0 aromatic heterocycles. The molecule has 0 radical (unpaired) electrons. The van der Waals surface area contributed by atoms with E-state index in [4.69, 9.17) is 4.74 Å². The Bertz CT molecular complexity index is 744. The van der Waals surface area contributed by atoms with Gasteiger partial charge in [-0.25, -0.2) is 12.8 Å². The quantitative estimate of drug-likeness (QED) is 0.923. The average Bonchev–Trinajstić information content (AvgIpc) is 2.41. The van der Waals surface area contributed by atoms with E-state index in [1.54, 1.807) is 12.1 Å². The van der Waals surface area contributed by atoms with Gasteiger partial charge in [0, 0.05) is 6.07 Å². The first-order valence-corrected chi connectivity index (χ1v) is 7.95. The van der Waals surface area contributed by atoms with E-state index in [-0.39, 0.29) is 17.2 Å². The molecule has 112 valence electrons. The fourth-order valence-electron chi connectivity index (χ4n) is 1.94. The Morgan fingerprint density at radius 1 is 1.19 bits per heavy atom. The van der Waals surface area contributed by atoms with Crippen LogP contribution in [0.1, 0.15) is 11.1 Å². The first kappa shape index (κ1) is 15.3. The zero-order valence-electron chi connectivity index (χ0n) is 11.8. The highest BCUT2D eigenvalue weighted by atomic mass is 32.2. The molecular formula is C15H16FNO3S. The van der Waals surface area contributed by atoms with Gasteiger partial charge in [-0.15, -0.1) is 0 Å². The smallest absolute Gasteiger partial charge is 0.237 e. The SMILES string of the molecule is COc1ccc(F)cc1NS(=O)(=O)Cc1ccccc1C. The number of benzene rings is 2. The maximum atomic E-state index is 13.3. The van der Waals surface area contributed by atoms with Gasteiger partial charge in [0.15, 0.2) is 0 Å². The molecule has 0 saturated carbocycles. The summed E-state index contributed by atoms with van der Waals surface area (Å²) in [5.74, 6) is -0.451. The molecule has 2 aromatic carbocycles. The van der Waals surface area contributed by atoms with Crippen molar-refractivity contribution in [3.63, 3.8) is 0 Å². The Morgan fingerprint density at radius 2 is 1.90 bits per heavy atom. The molecule has 21 heavy (non-hydrogen) atoms. The minimum Gasteiger partial charge on any atom is -0.495 e. The molecule has 0 bridgehead atoms. The van der Waals surface area contributed by atoms with Gasteiger partial charge in [0.2, 0.25) is 10.0 Å². The van der Waals surface area contributed by atoms with Gasteiger partial charge in [-0.1, -0.05) is 24.3 Å². The third kappa shape index (κ3) is 3.95. The topological polar surface area (TPSA) is 55.4 Å². The summed E-state index contributed by atoms with van der Waals surface area (Å²) in [7, 11) is -2.26. The summed E-state index contributed by atoms with van der Waals surface area (Å²) in [4.78, 5) is 0. The molecule has 0 aliphatic rings. The molecular weight excluding hydrogens is 293 g/mol. The van der Waals surface area contributed by atoms with E-state index in [0.717, 1.165) is 11.6 Å². The summed E-state index contributed by atoms with van der Waals surface area (Å²) < 4.78 is 45.1. The molecule has 0 unspecified atom stereocenters. The third-order valence-electron chi connectivity index (χ3n) is 3.03. The Labute approximate surface area is 123 Å². The predicted octanol–water partition coefficient (Wildman–Crippen LogP) is 3.08. The number of aryl methyl sites for hydroxylation is 1. The van der Waals surface area contributed by atoms with Crippen LogP contribution in [-0.2, 0) is 15.8 Å². The number of methoxy groups -OCH3 is 1. The van der Waals surface area contributed by atoms with E-state index in [1.165, 1.54) is 19.2 Å². The van der Waals surface area contributed by atoms with Gasteiger partial charge < -0.3 is 4.74 Å². The molecule has 1 N–H and O–H groups in total. The molecule has 0 heterocycles. The van der Waals surface area contributed by atoms with Crippen molar-refractivity contribution in [3.8, 4) is 5.75 Å². The van der Waals surface area contributed by atoms with Crippen molar-refractivity contribution in [2.24, 2.45) is 0 Å². The maximum absolute atomic E-state index is 13.3. The van der Waals surface area contributed by atoms with Gasteiger partial charge in [0.1, 0.15) is 11.6 Å². The number of nitrogens with one attached hydrogen (secondary N) is 1. The van der Waals surface area contributed by atoms with Crippen LogP contribution in [0.4, 0.5) is 10.1 Å². The van der Waals surface area contributed by atoms with Crippen molar-refractivity contribution in [2.75, 3.05) is 11.8 Å². The first-order valence-electron chi connectivity index (χ1n) is 6.30. The van der Waals surface area contributed by atoms with E-state index in [2.05, 4.69) is 4.72 Å². The lowest BCUT2D eigenvalue weighted by Gasteiger charge is -2.12. The molecule has 0 atom stereocenters. The summed E-state index contributed by atoms with van der Waals surface area (Å²) in [6.07, 6.45) is 0. The second kappa shape index (κ2) is 6.13. The van der Waals surface area contributed by atoms with Crippen LogP contribution in [0.3, 0.4) is 0 Å². The number of hydrogen-bond acceptors (Lipinski definition) is 3. The highest BCUT2D eigenvalue weighted by Gasteiger charge is 2.16. The van der Waals surface area contributed by atoms with E-state index in [1.807, 2.05) is 19.1 Å². The predicted molar refractivity (Wildman–Crippen MR) is 80.4 cm³/mol. The molecule has 0 amide bonds. The zero-order valence-corrected chi connectivity index (χ0v) is 12.6. The van der Waals surface area contributed by atoms with Gasteiger partial charge in [-0.05, 0) is 30.2 Å². The lowest BCUT2D eigenvalue weighted by atomic mass is 10.1. The Balaban J connectivity index is 2.26. The monoisotopic (exact) mass is 309 g/mol. The van der Waals surface area contributed by atoms with Crippen LogP contribution in [0.25, 0.3) is 0 Å². The highest BCUT2D eigenvalue weighted by molar-refractivity contribution is 7.91. The molecule has 0 spiro atoms. The third-order valence-corrected chi connectivity index (χ3v) is 4.26. The Kier molecular flexibility index (Phi) is 4.47. The van der Waals surface area contributed by atoms with Gasteiger partial charge in [-0.2, -0.15) is 0 Å². The summed E-state index contributed by atoms with van der Waals surface area (Å²) in [5, 5.41) is 0. The van der Waals surface area contributed by atoms with Crippen molar-refractivity contribution in [2.45, 2.75) is 12.7 Å². The summed E-state index contributed by atoms with van der Waals surface area (Å²) in [6.45, 7) is 1.84. The lowest BCUT2D eigenvalue weighted by Crippen LogP contribution is -2.16. The van der Waals surface area contributed by atoms with Gasteiger partial charge in [-0.3, -0.25) is 4.72 Å². The normalized spacial score (nSPS) is 11.2. The number of anilines is 1. The van der Waals surface area contributed by atoms with Crippen LogP contribution in [0.5, 0.6) is 5.75 Å². The largest absolute Gasteiger partial charge is 0.495 e. The fraction of sp³-hybridized carbons (Fsp3) is 0.200. The highest BCUT2D eigenvalue weighted by Crippen LogP contribution is 2.26. The summed E-state index contributed by atoms with van der Waals surface area (Å²) in [6, 6.07) is 10.9. The molecule has 6 heteroatoms. The maximum Gasteiger partial charge on any atom is 0.237 e. The number of ether oxygens (including phenoxy) is 1. The lowest BCUT2D eigenvalue weighted by molar-refractivity contribution is 0.416. The number of rotatable bonds is 5. The van der Waals surface area contributed by atoms with Crippen LogP contribution in [0.15, 0.2) is 42.5 Å². The fourth-order valence-corrected chi connectivity index (χ4v) is 3.24. The molecule has 2 rings (SSSR count). The first-order chi connectivity index (χ1) is 9.91. The standard InChI is InChI=1S/C15H16FNO3S/c1-11-5-3-4-6-12(11)10-21(18,19)17-14-9-13(16)7-8-15(14)20-2/h3-9,17H,10H2,1-2H3. The second-order valence-electron chi connectivity index (χ2n) is 4.63. The Morgan fingerprint density at radius 3 is 2.57 bits per heavy atom. The Hall–Kier alpha value is -2.08. The molecule has 2 aromatic rings. The van der Waals surface area contributed by atoms with Gasteiger partial charge >= 0.3 is 0 Å². The molecule has 0 saturated heterocycles. The number of sulfonamides is 1. The van der Waals surface area contributed by atoms with Crippen molar-refractivity contribution < 1.29 is 17.5 Å². The van der Waals surface area contributed by atoms with Crippen molar-refractivity contribution >= 4 is 15.7 Å². The summed E-state index contributed by atoms with van der Waals surface area (Å²) >= 11 is 0. The number of halogens is 1. The van der Waals surface area contributed by atoms with E-state index >= 15 is 0 Å². The van der Waals surface area contributed by atoms with Crippen molar-refractivity contribution in [1.29, 1.82) is 0 Å². The average molecular weight is 309 g/mol. The van der Waals surface area contributed by atoms with E-state index in [9.17, 15) is 12.8 Å². The van der Waals surface area contributed by atoms with Gasteiger partial charge in [0.25, 0.3) is 0 Å².